The standard InChI is InChI=1S/C11H9FN4/c12-10-3-8(4-13)1-2-11(10)14-5-9-6-15-16-7-9/h1-3,6-7,14H,5H2,(H,15,16). The van der Waals surface area contributed by atoms with E-state index >= 15 is 0 Å². The van der Waals surface area contributed by atoms with Crippen LogP contribution in [0.15, 0.2) is 30.6 Å². The molecule has 0 aliphatic carbocycles. The summed E-state index contributed by atoms with van der Waals surface area (Å²) in [5.74, 6) is -0.428. The average molecular weight is 216 g/mol. The molecule has 0 atom stereocenters. The van der Waals surface area contributed by atoms with Gasteiger partial charge in [0, 0.05) is 18.3 Å². The van der Waals surface area contributed by atoms with Crippen LogP contribution in [0.25, 0.3) is 0 Å². The Morgan fingerprint density at radius 1 is 1.50 bits per heavy atom. The van der Waals surface area contributed by atoms with Gasteiger partial charge in [0.1, 0.15) is 5.82 Å². The first kappa shape index (κ1) is 10.2. The number of hydrogen-bond donors (Lipinski definition) is 2. The summed E-state index contributed by atoms with van der Waals surface area (Å²) < 4.78 is 13.4. The predicted molar refractivity (Wildman–Crippen MR) is 57.0 cm³/mol. The van der Waals surface area contributed by atoms with E-state index in [0.29, 0.717) is 17.8 Å². The van der Waals surface area contributed by atoms with Crippen LogP contribution in [0, 0.1) is 17.1 Å². The lowest BCUT2D eigenvalue weighted by Crippen LogP contribution is -2.00. The Kier molecular flexibility index (Phi) is 2.83. The average Bonchev–Trinajstić information content (AvgIpc) is 2.80. The van der Waals surface area contributed by atoms with Gasteiger partial charge in [0.05, 0.1) is 23.5 Å². The van der Waals surface area contributed by atoms with Gasteiger partial charge in [0.15, 0.2) is 0 Å². The number of aromatic nitrogens is 2. The van der Waals surface area contributed by atoms with Crippen LogP contribution in [0.5, 0.6) is 0 Å². The quantitative estimate of drug-likeness (QED) is 0.825. The van der Waals surface area contributed by atoms with Crippen molar-refractivity contribution in [1.82, 2.24) is 10.2 Å². The van der Waals surface area contributed by atoms with Crippen molar-refractivity contribution in [1.29, 1.82) is 5.26 Å². The van der Waals surface area contributed by atoms with Gasteiger partial charge in [-0.25, -0.2) is 4.39 Å². The van der Waals surface area contributed by atoms with Gasteiger partial charge < -0.3 is 5.32 Å². The number of benzene rings is 1. The summed E-state index contributed by atoms with van der Waals surface area (Å²) in [5.41, 5.74) is 1.62. The molecule has 2 rings (SSSR count). The summed E-state index contributed by atoms with van der Waals surface area (Å²) in [4.78, 5) is 0. The first-order valence-corrected chi connectivity index (χ1v) is 4.71. The van der Waals surface area contributed by atoms with E-state index in [1.807, 2.05) is 6.07 Å². The Hall–Kier alpha value is -2.35. The van der Waals surface area contributed by atoms with Crippen molar-refractivity contribution in [3.8, 4) is 6.07 Å². The highest BCUT2D eigenvalue weighted by Crippen LogP contribution is 2.16. The van der Waals surface area contributed by atoms with Crippen molar-refractivity contribution in [3.05, 3.63) is 47.5 Å². The van der Waals surface area contributed by atoms with E-state index in [-0.39, 0.29) is 0 Å². The van der Waals surface area contributed by atoms with Crippen LogP contribution in [0.4, 0.5) is 10.1 Å². The summed E-state index contributed by atoms with van der Waals surface area (Å²) in [6.07, 6.45) is 3.39. The van der Waals surface area contributed by atoms with Crippen LogP contribution in [0.1, 0.15) is 11.1 Å². The lowest BCUT2D eigenvalue weighted by molar-refractivity contribution is 0.629. The fraction of sp³-hybridized carbons (Fsp3) is 0.0909. The van der Waals surface area contributed by atoms with Crippen molar-refractivity contribution in [2.24, 2.45) is 0 Å². The summed E-state index contributed by atoms with van der Waals surface area (Å²) >= 11 is 0. The van der Waals surface area contributed by atoms with Crippen LogP contribution in [0.3, 0.4) is 0 Å². The van der Waals surface area contributed by atoms with Crippen molar-refractivity contribution < 1.29 is 4.39 Å². The van der Waals surface area contributed by atoms with Crippen molar-refractivity contribution in [2.45, 2.75) is 6.54 Å². The minimum absolute atomic E-state index is 0.311. The molecule has 1 heterocycles. The first-order chi connectivity index (χ1) is 7.79. The zero-order chi connectivity index (χ0) is 11.4. The SMILES string of the molecule is N#Cc1ccc(NCc2cn[nH]c2)c(F)c1. The number of halogens is 1. The Labute approximate surface area is 91.7 Å². The Balaban J connectivity index is 2.08. The lowest BCUT2D eigenvalue weighted by Gasteiger charge is -2.05. The van der Waals surface area contributed by atoms with Crippen LogP contribution in [-0.4, -0.2) is 10.2 Å². The number of nitrogens with zero attached hydrogens (tertiary/aromatic N) is 2. The topological polar surface area (TPSA) is 64.5 Å². The molecule has 0 unspecified atom stereocenters. The largest absolute Gasteiger partial charge is 0.378 e. The molecule has 0 aliphatic heterocycles. The molecule has 0 amide bonds. The number of nitrogens with one attached hydrogen (secondary N) is 2. The predicted octanol–water partition coefficient (Wildman–Crippen LogP) is 2.03. The van der Waals surface area contributed by atoms with Gasteiger partial charge in [-0.2, -0.15) is 10.4 Å². The first-order valence-electron chi connectivity index (χ1n) is 4.71. The number of aromatic amines is 1. The second-order valence-electron chi connectivity index (χ2n) is 3.27. The highest BCUT2D eigenvalue weighted by atomic mass is 19.1. The Morgan fingerprint density at radius 3 is 3.00 bits per heavy atom. The number of rotatable bonds is 3. The minimum Gasteiger partial charge on any atom is -0.378 e. The number of hydrogen-bond acceptors (Lipinski definition) is 3. The second-order valence-corrected chi connectivity index (χ2v) is 3.27. The molecule has 1 aromatic heterocycles. The van der Waals surface area contributed by atoms with Gasteiger partial charge in [-0.05, 0) is 18.2 Å². The van der Waals surface area contributed by atoms with E-state index in [4.69, 9.17) is 5.26 Å². The van der Waals surface area contributed by atoms with E-state index in [1.165, 1.54) is 6.07 Å². The van der Waals surface area contributed by atoms with E-state index in [2.05, 4.69) is 15.5 Å². The zero-order valence-corrected chi connectivity index (χ0v) is 8.37. The molecule has 2 N–H and O–H groups in total. The molecule has 4 nitrogen and oxygen atoms in total. The van der Waals surface area contributed by atoms with E-state index in [1.54, 1.807) is 24.5 Å². The molecule has 0 fully saturated rings. The van der Waals surface area contributed by atoms with Gasteiger partial charge in [0.25, 0.3) is 0 Å². The molecular weight excluding hydrogens is 207 g/mol. The van der Waals surface area contributed by atoms with Crippen molar-refractivity contribution >= 4 is 5.69 Å². The molecule has 80 valence electrons. The van der Waals surface area contributed by atoms with Gasteiger partial charge in [0.2, 0.25) is 0 Å². The van der Waals surface area contributed by atoms with Gasteiger partial charge in [-0.3, -0.25) is 5.10 Å². The maximum atomic E-state index is 13.4. The van der Waals surface area contributed by atoms with Crippen molar-refractivity contribution in [2.75, 3.05) is 5.32 Å². The van der Waals surface area contributed by atoms with Crippen molar-refractivity contribution in [3.63, 3.8) is 0 Å². The maximum Gasteiger partial charge on any atom is 0.147 e. The van der Waals surface area contributed by atoms with Gasteiger partial charge in [-0.15, -0.1) is 0 Å². The molecule has 0 saturated heterocycles. The highest BCUT2D eigenvalue weighted by molar-refractivity contribution is 5.48. The Bertz CT molecular complexity index is 513. The molecule has 0 spiro atoms. The fourth-order valence-corrected chi connectivity index (χ4v) is 1.30. The third-order valence-electron chi connectivity index (χ3n) is 2.14. The molecular formula is C11H9FN4. The number of nitriles is 1. The third kappa shape index (κ3) is 2.17. The third-order valence-corrected chi connectivity index (χ3v) is 2.14. The molecule has 0 saturated carbocycles. The molecule has 0 aliphatic rings. The summed E-state index contributed by atoms with van der Waals surface area (Å²) in [7, 11) is 0. The number of H-pyrrole nitrogens is 1. The molecule has 5 heteroatoms. The monoisotopic (exact) mass is 216 g/mol. The summed E-state index contributed by atoms with van der Waals surface area (Å²) in [6.45, 7) is 0.485. The van der Waals surface area contributed by atoms with E-state index < -0.39 is 5.82 Å². The minimum atomic E-state index is -0.428. The van der Waals surface area contributed by atoms with E-state index in [9.17, 15) is 4.39 Å². The number of anilines is 1. The van der Waals surface area contributed by atoms with Gasteiger partial charge >= 0.3 is 0 Å². The van der Waals surface area contributed by atoms with Gasteiger partial charge in [-0.1, -0.05) is 0 Å². The molecule has 2 aromatic rings. The molecule has 0 bridgehead atoms. The molecule has 16 heavy (non-hydrogen) atoms. The van der Waals surface area contributed by atoms with Crippen LogP contribution in [-0.2, 0) is 6.54 Å². The molecule has 0 radical (unpaired) electrons. The summed E-state index contributed by atoms with van der Waals surface area (Å²) in [5, 5.41) is 18.0. The highest BCUT2D eigenvalue weighted by Gasteiger charge is 2.03. The normalized spacial score (nSPS) is 9.75. The second kappa shape index (κ2) is 4.45. The van der Waals surface area contributed by atoms with Crippen LogP contribution in [0.2, 0.25) is 0 Å². The Morgan fingerprint density at radius 2 is 2.38 bits per heavy atom. The smallest absolute Gasteiger partial charge is 0.147 e. The van der Waals surface area contributed by atoms with Crippen LogP contribution >= 0.6 is 0 Å². The van der Waals surface area contributed by atoms with E-state index in [0.717, 1.165) is 5.56 Å². The molecule has 1 aromatic carbocycles. The van der Waals surface area contributed by atoms with Crippen LogP contribution < -0.4 is 5.32 Å². The fourth-order valence-electron chi connectivity index (χ4n) is 1.30. The zero-order valence-electron chi connectivity index (χ0n) is 8.37. The summed E-state index contributed by atoms with van der Waals surface area (Å²) in [6, 6.07) is 6.21. The lowest BCUT2D eigenvalue weighted by atomic mass is 10.2. The maximum absolute atomic E-state index is 13.4.